The Hall–Kier alpha value is -4.73. The van der Waals surface area contributed by atoms with Gasteiger partial charge >= 0.3 is 0 Å². The summed E-state index contributed by atoms with van der Waals surface area (Å²) in [5, 5.41) is 6.09. The molecule has 2 heterocycles. The second-order valence-corrected chi connectivity index (χ2v) is 12.7. The van der Waals surface area contributed by atoms with E-state index >= 15 is 0 Å². The molecular formula is C38H26N2S. The van der Waals surface area contributed by atoms with Crippen LogP contribution in [0.15, 0.2) is 121 Å². The average Bonchev–Trinajstić information content (AvgIpc) is 3.65. The summed E-state index contributed by atoms with van der Waals surface area (Å²) < 4.78 is 3.67. The van der Waals surface area contributed by atoms with E-state index < -0.39 is 0 Å². The molecule has 0 atom stereocenters. The van der Waals surface area contributed by atoms with E-state index in [0.717, 1.165) is 16.2 Å². The number of rotatable bonds is 2. The average molecular weight is 543 g/mol. The van der Waals surface area contributed by atoms with Crippen LogP contribution in [-0.4, -0.2) is 9.55 Å². The highest BCUT2D eigenvalue weighted by Crippen LogP contribution is 2.51. The van der Waals surface area contributed by atoms with Crippen molar-refractivity contribution in [2.75, 3.05) is 0 Å². The molecule has 1 aliphatic rings. The van der Waals surface area contributed by atoms with Crippen LogP contribution < -0.4 is 0 Å². The second kappa shape index (κ2) is 8.15. The minimum absolute atomic E-state index is 0.0354. The number of benzene rings is 6. The molecule has 0 saturated heterocycles. The second-order valence-electron chi connectivity index (χ2n) is 11.6. The lowest BCUT2D eigenvalue weighted by Gasteiger charge is -2.21. The van der Waals surface area contributed by atoms with Crippen molar-refractivity contribution in [3.05, 3.63) is 132 Å². The predicted molar refractivity (Wildman–Crippen MR) is 174 cm³/mol. The Morgan fingerprint density at radius 1 is 0.585 bits per heavy atom. The molecule has 0 spiro atoms. The van der Waals surface area contributed by atoms with Crippen LogP contribution in [0.25, 0.3) is 70.2 Å². The lowest BCUT2D eigenvalue weighted by molar-refractivity contribution is 0.661. The number of nitrogens with zero attached hydrogens (tertiary/aromatic N) is 2. The first-order valence-corrected chi connectivity index (χ1v) is 15.0. The summed E-state index contributed by atoms with van der Waals surface area (Å²) >= 11 is 1.77. The van der Waals surface area contributed by atoms with Gasteiger partial charge < -0.3 is 4.57 Å². The summed E-state index contributed by atoms with van der Waals surface area (Å²) in [6.45, 7) is 4.71. The molecule has 0 amide bonds. The molecule has 0 N–H and O–H groups in total. The zero-order valence-electron chi connectivity index (χ0n) is 22.8. The molecule has 8 aromatic rings. The monoisotopic (exact) mass is 542 g/mol. The third kappa shape index (κ3) is 3.15. The minimum atomic E-state index is -0.0354. The predicted octanol–water partition coefficient (Wildman–Crippen LogP) is 10.5. The SMILES string of the molecule is CC1(C)c2ccccc2-c2cc3c(cc21)c1ccccc1n3-c1cc(-c2nc3ccccc3s2)c2ccccc2c1. The lowest BCUT2D eigenvalue weighted by atomic mass is 9.82. The Kier molecular flexibility index (Phi) is 4.58. The third-order valence-corrected chi connectivity index (χ3v) is 10.1. The van der Waals surface area contributed by atoms with Gasteiger partial charge in [-0.15, -0.1) is 11.3 Å². The first kappa shape index (κ1) is 23.0. The molecule has 0 bridgehead atoms. The highest BCUT2D eigenvalue weighted by molar-refractivity contribution is 7.21. The van der Waals surface area contributed by atoms with Gasteiger partial charge in [-0.25, -0.2) is 4.98 Å². The zero-order valence-corrected chi connectivity index (χ0v) is 23.7. The van der Waals surface area contributed by atoms with Crippen LogP contribution in [0.2, 0.25) is 0 Å². The quantitative estimate of drug-likeness (QED) is 0.212. The summed E-state index contributed by atoms with van der Waals surface area (Å²) in [4.78, 5) is 5.08. The fourth-order valence-electron chi connectivity index (χ4n) is 7.03. The van der Waals surface area contributed by atoms with Gasteiger partial charge in [0.25, 0.3) is 0 Å². The van der Waals surface area contributed by atoms with E-state index in [4.69, 9.17) is 4.98 Å². The first-order chi connectivity index (χ1) is 20.1. The summed E-state index contributed by atoms with van der Waals surface area (Å²) in [6.07, 6.45) is 0. The van der Waals surface area contributed by atoms with Crippen LogP contribution in [-0.2, 0) is 5.41 Å². The number of hydrogen-bond acceptors (Lipinski definition) is 2. The molecule has 2 nitrogen and oxygen atoms in total. The Morgan fingerprint density at radius 2 is 1.34 bits per heavy atom. The Labute approximate surface area is 242 Å². The van der Waals surface area contributed by atoms with E-state index in [2.05, 4.69) is 140 Å². The van der Waals surface area contributed by atoms with Gasteiger partial charge in [-0.2, -0.15) is 0 Å². The molecule has 41 heavy (non-hydrogen) atoms. The maximum Gasteiger partial charge on any atom is 0.125 e. The van der Waals surface area contributed by atoms with E-state index in [-0.39, 0.29) is 5.41 Å². The Bertz CT molecular complexity index is 2320. The Morgan fingerprint density at radius 3 is 2.24 bits per heavy atom. The van der Waals surface area contributed by atoms with Crippen molar-refractivity contribution in [3.63, 3.8) is 0 Å². The molecule has 0 radical (unpaired) electrons. The standard InChI is InChI=1S/C38H26N2S/c1-38(2)31-15-7-5-13-26(31)28-22-35-29(21-32(28)38)27-14-6-9-17-34(27)40(35)24-19-23-11-3-4-12-25(23)30(20-24)37-39-33-16-8-10-18-36(33)41-37/h3-22H,1-2H3. The number of hydrogen-bond donors (Lipinski definition) is 0. The van der Waals surface area contributed by atoms with Crippen LogP contribution in [0.1, 0.15) is 25.0 Å². The van der Waals surface area contributed by atoms with Gasteiger partial charge in [0, 0.05) is 27.4 Å². The van der Waals surface area contributed by atoms with Gasteiger partial charge in [0.15, 0.2) is 0 Å². The number of fused-ring (bicyclic) bond motifs is 8. The van der Waals surface area contributed by atoms with Crippen molar-refractivity contribution in [3.8, 4) is 27.4 Å². The molecule has 0 unspecified atom stereocenters. The zero-order chi connectivity index (χ0) is 27.3. The molecule has 6 aromatic carbocycles. The smallest absolute Gasteiger partial charge is 0.125 e. The normalized spacial score (nSPS) is 13.8. The van der Waals surface area contributed by atoms with Crippen molar-refractivity contribution in [1.82, 2.24) is 9.55 Å². The highest BCUT2D eigenvalue weighted by atomic mass is 32.1. The maximum absolute atomic E-state index is 5.08. The molecular weight excluding hydrogens is 516 g/mol. The van der Waals surface area contributed by atoms with Gasteiger partial charge in [-0.1, -0.05) is 92.7 Å². The van der Waals surface area contributed by atoms with E-state index in [1.54, 1.807) is 11.3 Å². The van der Waals surface area contributed by atoms with E-state index in [1.807, 2.05) is 0 Å². The van der Waals surface area contributed by atoms with Gasteiger partial charge in [-0.3, -0.25) is 0 Å². The number of para-hydroxylation sites is 2. The van der Waals surface area contributed by atoms with Gasteiger partial charge in [0.1, 0.15) is 5.01 Å². The molecule has 1 aliphatic carbocycles. The van der Waals surface area contributed by atoms with Crippen LogP contribution in [0.3, 0.4) is 0 Å². The molecule has 2 aromatic heterocycles. The van der Waals surface area contributed by atoms with Crippen molar-refractivity contribution < 1.29 is 0 Å². The lowest BCUT2D eigenvalue weighted by Crippen LogP contribution is -2.14. The van der Waals surface area contributed by atoms with Gasteiger partial charge in [-0.05, 0) is 75.5 Å². The molecule has 3 heteroatoms. The third-order valence-electron chi connectivity index (χ3n) is 9.00. The molecule has 0 fully saturated rings. The summed E-state index contributed by atoms with van der Waals surface area (Å²) in [7, 11) is 0. The molecule has 0 aliphatic heterocycles. The van der Waals surface area contributed by atoms with Crippen LogP contribution in [0, 0.1) is 0 Å². The van der Waals surface area contributed by atoms with Gasteiger partial charge in [0.2, 0.25) is 0 Å². The van der Waals surface area contributed by atoms with Crippen molar-refractivity contribution in [1.29, 1.82) is 0 Å². The van der Waals surface area contributed by atoms with Gasteiger partial charge in [0.05, 0.1) is 21.3 Å². The van der Waals surface area contributed by atoms with Crippen LogP contribution >= 0.6 is 11.3 Å². The van der Waals surface area contributed by atoms with E-state index in [9.17, 15) is 0 Å². The topological polar surface area (TPSA) is 17.8 Å². The molecule has 0 saturated carbocycles. The van der Waals surface area contributed by atoms with Crippen molar-refractivity contribution >= 4 is 54.1 Å². The van der Waals surface area contributed by atoms with Crippen LogP contribution in [0.4, 0.5) is 0 Å². The molecule has 9 rings (SSSR count). The summed E-state index contributed by atoms with van der Waals surface area (Å²) in [5.74, 6) is 0. The fourth-order valence-corrected chi connectivity index (χ4v) is 8.03. The number of thiazole rings is 1. The largest absolute Gasteiger partial charge is 0.309 e. The fraction of sp³-hybridized carbons (Fsp3) is 0.0789. The highest BCUT2D eigenvalue weighted by Gasteiger charge is 2.36. The molecule has 194 valence electrons. The number of aromatic nitrogens is 2. The van der Waals surface area contributed by atoms with Crippen LogP contribution in [0.5, 0.6) is 0 Å². The summed E-state index contributed by atoms with van der Waals surface area (Å²) in [5.41, 5.74) is 11.3. The van der Waals surface area contributed by atoms with Crippen molar-refractivity contribution in [2.45, 2.75) is 19.3 Å². The van der Waals surface area contributed by atoms with Crippen molar-refractivity contribution in [2.24, 2.45) is 0 Å². The summed E-state index contributed by atoms with van der Waals surface area (Å²) in [6, 6.07) is 44.4. The Balaban J connectivity index is 1.38. The van der Waals surface area contributed by atoms with E-state index in [1.165, 1.54) is 65.1 Å². The van der Waals surface area contributed by atoms with E-state index in [0.29, 0.717) is 0 Å². The first-order valence-electron chi connectivity index (χ1n) is 14.1. The maximum atomic E-state index is 5.08. The minimum Gasteiger partial charge on any atom is -0.309 e.